The zero-order valence-electron chi connectivity index (χ0n) is 9.81. The molecule has 1 unspecified atom stereocenters. The fraction of sp³-hybridized carbons (Fsp3) is 0.900. The van der Waals surface area contributed by atoms with Crippen LogP contribution in [-0.4, -0.2) is 48.0 Å². The summed E-state index contributed by atoms with van der Waals surface area (Å²) in [5.74, 6) is -1.97. The Morgan fingerprint density at radius 1 is 1.21 bits per heavy atom. The van der Waals surface area contributed by atoms with Crippen molar-refractivity contribution in [2.75, 3.05) is 19.6 Å². The Hall–Kier alpha value is -0.990. The Kier molecular flexibility index (Phi) is 4.38. The molecule has 0 aliphatic carbocycles. The molecule has 0 amide bonds. The number of nitrogens with zero attached hydrogens (tertiary/aromatic N) is 1. The van der Waals surface area contributed by atoms with E-state index in [0.717, 1.165) is 4.90 Å². The third-order valence-corrected chi connectivity index (χ3v) is 3.23. The SMILES string of the molecule is O=C(O)C1(C(F)(F)F)CCN(CCCC(F)(F)F)C1. The molecule has 0 saturated carbocycles. The first-order valence-corrected chi connectivity index (χ1v) is 5.57. The molecule has 1 aliphatic rings. The highest BCUT2D eigenvalue weighted by atomic mass is 19.4. The molecule has 1 heterocycles. The lowest BCUT2D eigenvalue weighted by Crippen LogP contribution is -2.47. The molecule has 0 aromatic carbocycles. The maximum Gasteiger partial charge on any atom is 0.406 e. The summed E-state index contributed by atoms with van der Waals surface area (Å²) in [4.78, 5) is 11.9. The van der Waals surface area contributed by atoms with Crippen molar-refractivity contribution in [3.8, 4) is 0 Å². The molecule has 0 bridgehead atoms. The Morgan fingerprint density at radius 3 is 2.16 bits per heavy atom. The molecule has 1 N–H and O–H groups in total. The van der Waals surface area contributed by atoms with E-state index in [4.69, 9.17) is 5.11 Å². The summed E-state index contributed by atoms with van der Waals surface area (Å²) in [6.45, 7) is -1.14. The van der Waals surface area contributed by atoms with E-state index in [1.54, 1.807) is 0 Å². The van der Waals surface area contributed by atoms with E-state index in [2.05, 4.69) is 0 Å². The van der Waals surface area contributed by atoms with Crippen LogP contribution in [0.1, 0.15) is 19.3 Å². The van der Waals surface area contributed by atoms with Gasteiger partial charge in [0.15, 0.2) is 5.41 Å². The molecule has 1 fully saturated rings. The van der Waals surface area contributed by atoms with Gasteiger partial charge < -0.3 is 10.0 Å². The van der Waals surface area contributed by atoms with Crippen LogP contribution in [0.4, 0.5) is 26.3 Å². The van der Waals surface area contributed by atoms with Gasteiger partial charge in [0.25, 0.3) is 0 Å². The highest BCUT2D eigenvalue weighted by Crippen LogP contribution is 2.45. The third-order valence-electron chi connectivity index (χ3n) is 3.23. The maximum atomic E-state index is 12.8. The average molecular weight is 293 g/mol. The first kappa shape index (κ1) is 16.1. The quantitative estimate of drug-likeness (QED) is 0.810. The molecule has 1 rings (SSSR count). The van der Waals surface area contributed by atoms with Crippen LogP contribution < -0.4 is 0 Å². The summed E-state index contributed by atoms with van der Waals surface area (Å²) in [6.07, 6.45) is -11.3. The Balaban J connectivity index is 2.59. The molecule has 0 radical (unpaired) electrons. The zero-order chi connectivity index (χ0) is 14.9. The Labute approximate surface area is 105 Å². The van der Waals surface area contributed by atoms with Crippen molar-refractivity contribution in [3.63, 3.8) is 0 Å². The van der Waals surface area contributed by atoms with Crippen LogP contribution in [0.15, 0.2) is 0 Å². The molecule has 9 heteroatoms. The Morgan fingerprint density at radius 2 is 1.79 bits per heavy atom. The van der Waals surface area contributed by atoms with Crippen molar-refractivity contribution in [2.45, 2.75) is 31.6 Å². The fourth-order valence-electron chi connectivity index (χ4n) is 2.11. The predicted molar refractivity (Wildman–Crippen MR) is 52.5 cm³/mol. The molecule has 3 nitrogen and oxygen atoms in total. The number of halogens is 6. The van der Waals surface area contributed by atoms with Gasteiger partial charge in [0.1, 0.15) is 0 Å². The topological polar surface area (TPSA) is 40.5 Å². The van der Waals surface area contributed by atoms with Crippen molar-refractivity contribution in [2.24, 2.45) is 5.41 Å². The first-order valence-electron chi connectivity index (χ1n) is 5.57. The van der Waals surface area contributed by atoms with Crippen molar-refractivity contribution in [3.05, 3.63) is 0 Å². The Bertz CT molecular complexity index is 340. The highest BCUT2D eigenvalue weighted by molar-refractivity contribution is 5.76. The largest absolute Gasteiger partial charge is 0.481 e. The minimum absolute atomic E-state index is 0.163. The number of carboxylic acids is 1. The van der Waals surface area contributed by atoms with Gasteiger partial charge in [-0.15, -0.1) is 0 Å². The minimum atomic E-state index is -4.91. The van der Waals surface area contributed by atoms with E-state index >= 15 is 0 Å². The number of hydrogen-bond acceptors (Lipinski definition) is 2. The van der Waals surface area contributed by atoms with Gasteiger partial charge in [-0.2, -0.15) is 26.3 Å². The number of alkyl halides is 6. The summed E-state index contributed by atoms with van der Waals surface area (Å²) in [7, 11) is 0. The average Bonchev–Trinajstić information content (AvgIpc) is 2.60. The molecule has 0 spiro atoms. The number of aliphatic carboxylic acids is 1. The monoisotopic (exact) mass is 293 g/mol. The summed E-state index contributed by atoms with van der Waals surface area (Å²) in [6, 6.07) is 0. The van der Waals surface area contributed by atoms with Crippen LogP contribution in [0.5, 0.6) is 0 Å². The normalized spacial score (nSPS) is 25.8. The number of carbonyl (C=O) groups is 1. The van der Waals surface area contributed by atoms with Gasteiger partial charge in [0, 0.05) is 13.0 Å². The zero-order valence-corrected chi connectivity index (χ0v) is 9.81. The molecule has 1 aliphatic heterocycles. The van der Waals surface area contributed by atoms with Crippen molar-refractivity contribution < 1.29 is 36.2 Å². The molecule has 112 valence electrons. The van der Waals surface area contributed by atoms with Crippen LogP contribution in [0, 0.1) is 5.41 Å². The first-order chi connectivity index (χ1) is 8.48. The van der Waals surface area contributed by atoms with Gasteiger partial charge in [-0.25, -0.2) is 0 Å². The van der Waals surface area contributed by atoms with Crippen molar-refractivity contribution >= 4 is 5.97 Å². The molecule has 1 saturated heterocycles. The van der Waals surface area contributed by atoms with Crippen LogP contribution in [0.3, 0.4) is 0 Å². The summed E-state index contributed by atoms with van der Waals surface area (Å²) >= 11 is 0. The lowest BCUT2D eigenvalue weighted by Gasteiger charge is -2.27. The second kappa shape index (κ2) is 5.18. The van der Waals surface area contributed by atoms with E-state index in [1.165, 1.54) is 0 Å². The van der Waals surface area contributed by atoms with E-state index in [1.807, 2.05) is 0 Å². The summed E-state index contributed by atoms with van der Waals surface area (Å²) < 4.78 is 74.0. The van der Waals surface area contributed by atoms with Gasteiger partial charge in [-0.05, 0) is 25.9 Å². The smallest absolute Gasteiger partial charge is 0.406 e. The molecule has 19 heavy (non-hydrogen) atoms. The van der Waals surface area contributed by atoms with Gasteiger partial charge in [-0.3, -0.25) is 4.79 Å². The fourth-order valence-corrected chi connectivity index (χ4v) is 2.11. The van der Waals surface area contributed by atoms with Crippen LogP contribution in [0.2, 0.25) is 0 Å². The maximum absolute atomic E-state index is 12.8. The summed E-state index contributed by atoms with van der Waals surface area (Å²) in [5.41, 5.74) is -2.86. The second-order valence-corrected chi connectivity index (χ2v) is 4.63. The number of rotatable bonds is 4. The van der Waals surface area contributed by atoms with Crippen molar-refractivity contribution in [1.82, 2.24) is 4.90 Å². The van der Waals surface area contributed by atoms with E-state index in [0.29, 0.717) is 0 Å². The van der Waals surface area contributed by atoms with E-state index < -0.39 is 43.1 Å². The van der Waals surface area contributed by atoms with Gasteiger partial charge in [-0.1, -0.05) is 0 Å². The molecule has 1 atom stereocenters. The second-order valence-electron chi connectivity index (χ2n) is 4.63. The molecular weight excluding hydrogens is 280 g/mol. The number of carboxylic acid groups (broad SMARTS) is 1. The van der Waals surface area contributed by atoms with Gasteiger partial charge in [0.05, 0.1) is 0 Å². The molecular formula is C10H13F6NO2. The number of hydrogen-bond donors (Lipinski definition) is 1. The molecule has 0 aromatic heterocycles. The minimum Gasteiger partial charge on any atom is -0.481 e. The summed E-state index contributed by atoms with van der Waals surface area (Å²) in [5, 5.41) is 8.75. The highest BCUT2D eigenvalue weighted by Gasteiger charge is 2.63. The lowest BCUT2D eigenvalue weighted by atomic mass is 9.86. The van der Waals surface area contributed by atoms with Crippen LogP contribution in [0.25, 0.3) is 0 Å². The van der Waals surface area contributed by atoms with Crippen LogP contribution in [-0.2, 0) is 4.79 Å². The number of likely N-dealkylation sites (tertiary alicyclic amines) is 1. The van der Waals surface area contributed by atoms with E-state index in [-0.39, 0.29) is 19.5 Å². The standard InChI is InChI=1S/C10H13F6NO2/c11-9(12,13)2-1-4-17-5-3-8(6-17,7(18)19)10(14,15)16/h1-6H2,(H,18,19). The van der Waals surface area contributed by atoms with Gasteiger partial charge in [0.2, 0.25) is 0 Å². The molecule has 0 aromatic rings. The van der Waals surface area contributed by atoms with Crippen LogP contribution >= 0.6 is 0 Å². The third kappa shape index (κ3) is 3.74. The van der Waals surface area contributed by atoms with Gasteiger partial charge >= 0.3 is 18.3 Å². The predicted octanol–water partition coefficient (Wildman–Crippen LogP) is 2.67. The lowest BCUT2D eigenvalue weighted by molar-refractivity contribution is -0.227. The van der Waals surface area contributed by atoms with E-state index in [9.17, 15) is 31.1 Å². The van der Waals surface area contributed by atoms with Crippen molar-refractivity contribution in [1.29, 1.82) is 0 Å².